The van der Waals surface area contributed by atoms with Crippen molar-refractivity contribution >= 4 is 77.4 Å². The van der Waals surface area contributed by atoms with Crippen LogP contribution < -0.4 is 4.90 Å². The first kappa shape index (κ1) is 39.1. The predicted octanol–water partition coefficient (Wildman–Crippen LogP) is 17.0. The molecule has 0 spiro atoms. The Morgan fingerprint density at radius 1 is 0.683 bits per heavy atom. The van der Waals surface area contributed by atoms with Gasteiger partial charge < -0.3 is 9.47 Å². The van der Waals surface area contributed by atoms with Gasteiger partial charge in [0.05, 0.1) is 16.7 Å². The molecule has 296 valence electrons. The average molecular weight is 797 g/mol. The third-order valence-electron chi connectivity index (χ3n) is 12.1. The van der Waals surface area contributed by atoms with Crippen LogP contribution in [0, 0.1) is 5.92 Å². The number of allylic oxidation sites excluding steroid dienone is 7. The molecule has 0 amide bonds. The van der Waals surface area contributed by atoms with Crippen LogP contribution in [0.5, 0.6) is 0 Å². The van der Waals surface area contributed by atoms with E-state index < -0.39 is 0 Å². The Kier molecular flexibility index (Phi) is 10.9. The van der Waals surface area contributed by atoms with Gasteiger partial charge in [0, 0.05) is 59.7 Å². The van der Waals surface area contributed by atoms with Gasteiger partial charge in [0.2, 0.25) is 0 Å². The minimum atomic E-state index is 0.403. The molecule has 3 heterocycles. The molecule has 0 bridgehead atoms. The molecule has 1 atom stereocenters. The molecule has 0 saturated heterocycles. The average Bonchev–Trinajstić information content (AvgIpc) is 3.97. The zero-order chi connectivity index (χ0) is 41.3. The van der Waals surface area contributed by atoms with E-state index in [1.54, 1.807) is 5.57 Å². The van der Waals surface area contributed by atoms with Gasteiger partial charge >= 0.3 is 0 Å². The van der Waals surface area contributed by atoms with Crippen LogP contribution in [-0.2, 0) is 0 Å². The Labute approximate surface area is 359 Å². The zero-order valence-corrected chi connectivity index (χ0v) is 36.2. The normalized spacial score (nSPS) is 15.8. The van der Waals surface area contributed by atoms with Gasteiger partial charge in [0.1, 0.15) is 0 Å². The van der Waals surface area contributed by atoms with Crippen molar-refractivity contribution in [2.45, 2.75) is 53.9 Å². The Bertz CT molecular complexity index is 3090. The topological polar surface area (TPSA) is 8.17 Å². The maximum absolute atomic E-state index is 4.18. The predicted molar refractivity (Wildman–Crippen MR) is 265 cm³/mol. The van der Waals surface area contributed by atoms with Crippen LogP contribution in [0.1, 0.15) is 69.9 Å². The third-order valence-corrected chi connectivity index (χ3v) is 13.4. The van der Waals surface area contributed by atoms with Crippen molar-refractivity contribution in [3.63, 3.8) is 0 Å². The first-order chi connectivity index (χ1) is 29.7. The van der Waals surface area contributed by atoms with Crippen molar-refractivity contribution in [2.75, 3.05) is 4.90 Å². The Morgan fingerprint density at radius 3 is 2.22 bits per heavy atom. The molecule has 2 nitrogen and oxygen atoms in total. The largest absolute Gasteiger partial charge is 0.313 e. The van der Waals surface area contributed by atoms with Crippen molar-refractivity contribution in [2.24, 2.45) is 5.92 Å². The number of anilines is 1. The van der Waals surface area contributed by atoms with Crippen LogP contribution in [-0.4, -0.2) is 4.57 Å². The smallest absolute Gasteiger partial charge is 0.0541 e. The van der Waals surface area contributed by atoms with Gasteiger partial charge in [-0.1, -0.05) is 150 Å². The minimum absolute atomic E-state index is 0.403. The molecule has 2 aromatic heterocycles. The molecule has 0 N–H and O–H groups in total. The van der Waals surface area contributed by atoms with E-state index in [0.29, 0.717) is 5.92 Å². The molecular weight excluding hydrogens is 745 g/mol. The summed E-state index contributed by atoms with van der Waals surface area (Å²) in [6.45, 7) is 14.3. The highest BCUT2D eigenvalue weighted by molar-refractivity contribution is 7.20. The summed E-state index contributed by atoms with van der Waals surface area (Å²) >= 11 is 1.86. The molecule has 3 heteroatoms. The Morgan fingerprint density at radius 2 is 1.40 bits per heavy atom. The summed E-state index contributed by atoms with van der Waals surface area (Å²) in [5.41, 5.74) is 15.7. The van der Waals surface area contributed by atoms with Crippen molar-refractivity contribution < 1.29 is 0 Å². The van der Waals surface area contributed by atoms with Crippen molar-refractivity contribution in [3.8, 4) is 16.8 Å². The van der Waals surface area contributed by atoms with Crippen LogP contribution in [0.15, 0.2) is 181 Å². The van der Waals surface area contributed by atoms with E-state index >= 15 is 0 Å². The Balaban J connectivity index is 0.00000112. The highest BCUT2D eigenvalue weighted by Gasteiger charge is 2.38. The van der Waals surface area contributed by atoms with E-state index in [-0.39, 0.29) is 0 Å². The molecule has 1 unspecified atom stereocenters. The lowest BCUT2D eigenvalue weighted by Gasteiger charge is -2.28. The molecule has 2 aliphatic carbocycles. The molecule has 1 aliphatic heterocycles. The summed E-state index contributed by atoms with van der Waals surface area (Å²) in [5, 5.41) is 6.40. The third kappa shape index (κ3) is 6.31. The van der Waals surface area contributed by atoms with Crippen LogP contribution in [0.2, 0.25) is 0 Å². The van der Waals surface area contributed by atoms with Crippen molar-refractivity contribution in [1.82, 2.24) is 4.57 Å². The number of rotatable bonds is 6. The second kappa shape index (κ2) is 16.7. The number of para-hydroxylation sites is 2. The summed E-state index contributed by atoms with van der Waals surface area (Å²) in [6, 6.07) is 47.2. The fraction of sp³-hybridized carbons (Fsp3) is 0.158. The molecule has 0 fully saturated rings. The van der Waals surface area contributed by atoms with Crippen LogP contribution in [0.25, 0.3) is 77.2 Å². The van der Waals surface area contributed by atoms with E-state index in [0.717, 1.165) is 19.3 Å². The summed E-state index contributed by atoms with van der Waals surface area (Å²) in [7, 11) is 0. The number of hydrogen-bond acceptors (Lipinski definition) is 2. The molecule has 0 saturated carbocycles. The lowest BCUT2D eigenvalue weighted by molar-refractivity contribution is 0.697. The zero-order valence-electron chi connectivity index (χ0n) is 35.4. The highest BCUT2D eigenvalue weighted by atomic mass is 32.1. The van der Waals surface area contributed by atoms with Crippen LogP contribution >= 0.6 is 11.3 Å². The summed E-state index contributed by atoms with van der Waals surface area (Å²) in [5.74, 6) is 0.403. The maximum Gasteiger partial charge on any atom is 0.0541 e. The molecule has 8 aromatic rings. The molecule has 60 heavy (non-hydrogen) atoms. The van der Waals surface area contributed by atoms with Gasteiger partial charge in [-0.3, -0.25) is 0 Å². The molecule has 11 rings (SSSR count). The number of thiophene rings is 1. The monoisotopic (exact) mass is 796 g/mol. The standard InChI is InChI=1S/C53H40N2S.2C2H6/c1-3-15-52-37(4-2)44-23-13-24-45(53(44)56-52)39-20-12-22-40-38(39)21-14-27-49(40)55-48-26-11-8-18-41(48)43-30-28-35(33-51(43)55)34-29-31-50-46(32-34)42-19-9-10-25-47(42)54(50)36-16-6-5-7-17-36;2*1-2/h3-17,19-27,29,31-33,41H,2,18,28,30H2,1H3;2*1-2H3/b15-3-;;. The first-order valence-electron chi connectivity index (χ1n) is 21.7. The SMILES string of the molecule is C=Cc1c(/C=C\C)sc2c(-c3cccc4c(N5C6=CC=CCC6C6=C5C=C(c5ccc7c(c5)c5ccccc5n7-c5ccccc5)CC6)cccc34)cccc12.CC.CC. The van der Waals surface area contributed by atoms with Gasteiger partial charge in [-0.15, -0.1) is 11.3 Å². The number of hydrogen-bond donors (Lipinski definition) is 0. The minimum Gasteiger partial charge on any atom is -0.313 e. The number of fused-ring (bicyclic) bond motifs is 7. The van der Waals surface area contributed by atoms with Crippen LogP contribution in [0.3, 0.4) is 0 Å². The second-order valence-electron chi connectivity index (χ2n) is 15.1. The van der Waals surface area contributed by atoms with E-state index in [4.69, 9.17) is 0 Å². The van der Waals surface area contributed by atoms with Gasteiger partial charge in [0.25, 0.3) is 0 Å². The molecule has 6 aromatic carbocycles. The lowest BCUT2D eigenvalue weighted by Crippen LogP contribution is -2.20. The van der Waals surface area contributed by atoms with Gasteiger partial charge in [0.15, 0.2) is 0 Å². The summed E-state index contributed by atoms with van der Waals surface area (Å²) < 4.78 is 3.71. The lowest BCUT2D eigenvalue weighted by atomic mass is 9.84. The fourth-order valence-corrected chi connectivity index (χ4v) is 11.0. The van der Waals surface area contributed by atoms with E-state index in [2.05, 4.69) is 187 Å². The molecule has 0 radical (unpaired) electrons. The highest BCUT2D eigenvalue weighted by Crippen LogP contribution is 2.52. The summed E-state index contributed by atoms with van der Waals surface area (Å²) in [6.07, 6.45) is 19.0. The van der Waals surface area contributed by atoms with Gasteiger partial charge in [-0.05, 0) is 114 Å². The van der Waals surface area contributed by atoms with E-state index in [1.807, 2.05) is 45.1 Å². The first-order valence-corrected chi connectivity index (χ1v) is 22.6. The van der Waals surface area contributed by atoms with E-state index in [1.165, 1.54) is 98.1 Å². The van der Waals surface area contributed by atoms with Gasteiger partial charge in [-0.25, -0.2) is 0 Å². The molecular formula is C57H52N2S. The van der Waals surface area contributed by atoms with Crippen molar-refractivity contribution in [1.29, 1.82) is 0 Å². The quantitative estimate of drug-likeness (QED) is 0.163. The second-order valence-corrected chi connectivity index (χ2v) is 16.1. The Hall–Kier alpha value is -6.42. The number of benzene rings is 6. The maximum atomic E-state index is 4.18. The van der Waals surface area contributed by atoms with Gasteiger partial charge in [-0.2, -0.15) is 0 Å². The fourth-order valence-electron chi connectivity index (χ4n) is 9.70. The van der Waals surface area contributed by atoms with Crippen molar-refractivity contribution in [3.05, 3.63) is 197 Å². The van der Waals surface area contributed by atoms with E-state index in [9.17, 15) is 0 Å². The number of aromatic nitrogens is 1. The van der Waals surface area contributed by atoms with Crippen LogP contribution in [0.4, 0.5) is 5.69 Å². The molecule has 3 aliphatic rings. The summed E-state index contributed by atoms with van der Waals surface area (Å²) in [4.78, 5) is 3.85. The number of nitrogens with zero attached hydrogens (tertiary/aromatic N) is 2.